The van der Waals surface area contributed by atoms with Crippen molar-refractivity contribution in [3.63, 3.8) is 0 Å². The SMILES string of the molecule is COC[C@@H](C)NC(=O)c1cc(Br)ccc1O. The fourth-order valence-corrected chi connectivity index (χ4v) is 1.64. The second-order valence-electron chi connectivity index (χ2n) is 3.49. The molecule has 4 nitrogen and oxygen atoms in total. The second-order valence-corrected chi connectivity index (χ2v) is 4.41. The highest BCUT2D eigenvalue weighted by atomic mass is 79.9. The number of hydrogen-bond donors (Lipinski definition) is 2. The Morgan fingerprint density at radius 2 is 2.31 bits per heavy atom. The molecule has 0 saturated heterocycles. The van der Waals surface area contributed by atoms with Crippen LogP contribution in [0.5, 0.6) is 5.75 Å². The molecule has 88 valence electrons. The third kappa shape index (κ3) is 3.50. The molecule has 16 heavy (non-hydrogen) atoms. The van der Waals surface area contributed by atoms with Gasteiger partial charge in [-0.2, -0.15) is 0 Å². The standard InChI is InChI=1S/C11H14BrNO3/c1-7(6-16-2)13-11(15)9-5-8(12)3-4-10(9)14/h3-5,7,14H,6H2,1-2H3,(H,13,15)/t7-/m1/s1. The zero-order chi connectivity index (χ0) is 12.1. The minimum absolute atomic E-state index is 0.0367. The molecule has 0 unspecified atom stereocenters. The zero-order valence-corrected chi connectivity index (χ0v) is 10.7. The minimum Gasteiger partial charge on any atom is -0.507 e. The summed E-state index contributed by atoms with van der Waals surface area (Å²) >= 11 is 3.25. The second kappa shape index (κ2) is 5.86. The quantitative estimate of drug-likeness (QED) is 0.890. The number of halogens is 1. The van der Waals surface area contributed by atoms with Crippen molar-refractivity contribution in [3.05, 3.63) is 28.2 Å². The molecule has 0 bridgehead atoms. The summed E-state index contributed by atoms with van der Waals surface area (Å²) in [6.45, 7) is 2.26. The summed E-state index contributed by atoms with van der Waals surface area (Å²) in [7, 11) is 1.57. The molecule has 1 atom stereocenters. The highest BCUT2D eigenvalue weighted by Gasteiger charge is 2.13. The molecule has 2 N–H and O–H groups in total. The van der Waals surface area contributed by atoms with Crippen molar-refractivity contribution in [2.75, 3.05) is 13.7 Å². The van der Waals surface area contributed by atoms with E-state index >= 15 is 0 Å². The van der Waals surface area contributed by atoms with Crippen molar-refractivity contribution in [2.45, 2.75) is 13.0 Å². The van der Waals surface area contributed by atoms with Gasteiger partial charge in [0.05, 0.1) is 12.2 Å². The van der Waals surface area contributed by atoms with Crippen LogP contribution in [0.15, 0.2) is 22.7 Å². The normalized spacial score (nSPS) is 12.2. The van der Waals surface area contributed by atoms with Crippen LogP contribution >= 0.6 is 15.9 Å². The van der Waals surface area contributed by atoms with Crippen molar-refractivity contribution in [2.24, 2.45) is 0 Å². The average molecular weight is 288 g/mol. The fourth-order valence-electron chi connectivity index (χ4n) is 1.28. The maximum atomic E-state index is 11.8. The Kier molecular flexibility index (Phi) is 4.76. The van der Waals surface area contributed by atoms with E-state index in [1.165, 1.54) is 6.07 Å². The van der Waals surface area contributed by atoms with Gasteiger partial charge in [-0.1, -0.05) is 15.9 Å². The third-order valence-corrected chi connectivity index (χ3v) is 2.49. The molecule has 0 heterocycles. The number of phenols is 1. The number of amides is 1. The summed E-state index contributed by atoms with van der Waals surface area (Å²) < 4.78 is 5.65. The maximum Gasteiger partial charge on any atom is 0.255 e. The number of ether oxygens (including phenoxy) is 1. The van der Waals surface area contributed by atoms with Crippen LogP contribution in [0.25, 0.3) is 0 Å². The smallest absolute Gasteiger partial charge is 0.255 e. The molecule has 0 radical (unpaired) electrons. The van der Waals surface area contributed by atoms with E-state index < -0.39 is 0 Å². The molecule has 5 heteroatoms. The van der Waals surface area contributed by atoms with Crippen molar-refractivity contribution < 1.29 is 14.6 Å². The maximum absolute atomic E-state index is 11.8. The Bertz CT molecular complexity index is 381. The lowest BCUT2D eigenvalue weighted by Gasteiger charge is -2.13. The van der Waals surface area contributed by atoms with Gasteiger partial charge in [-0.25, -0.2) is 0 Å². The fraction of sp³-hybridized carbons (Fsp3) is 0.364. The molecule has 0 saturated carbocycles. The molecular weight excluding hydrogens is 274 g/mol. The molecule has 0 aliphatic heterocycles. The number of hydrogen-bond acceptors (Lipinski definition) is 3. The molecule has 0 spiro atoms. The number of phenolic OH excluding ortho intramolecular Hbond substituents is 1. The van der Waals surface area contributed by atoms with Crippen LogP contribution in [0.2, 0.25) is 0 Å². The summed E-state index contributed by atoms with van der Waals surface area (Å²) in [6, 6.07) is 4.62. The Hall–Kier alpha value is -1.07. The van der Waals surface area contributed by atoms with Gasteiger partial charge < -0.3 is 15.2 Å². The number of carbonyl (C=O) groups is 1. The first-order valence-electron chi connectivity index (χ1n) is 4.83. The predicted octanol–water partition coefficient (Wildman–Crippen LogP) is 1.92. The highest BCUT2D eigenvalue weighted by Crippen LogP contribution is 2.21. The summed E-state index contributed by atoms with van der Waals surface area (Å²) in [5, 5.41) is 12.3. The van der Waals surface area contributed by atoms with E-state index in [1.807, 2.05) is 6.92 Å². The molecule has 0 aliphatic rings. The van der Waals surface area contributed by atoms with Crippen molar-refractivity contribution in [1.82, 2.24) is 5.32 Å². The van der Waals surface area contributed by atoms with Gasteiger partial charge in [0, 0.05) is 17.6 Å². The van der Waals surface area contributed by atoms with Gasteiger partial charge in [0.25, 0.3) is 5.91 Å². The molecule has 1 aromatic rings. The van der Waals surface area contributed by atoms with Crippen LogP contribution in [-0.2, 0) is 4.74 Å². The predicted molar refractivity (Wildman–Crippen MR) is 64.6 cm³/mol. The lowest BCUT2D eigenvalue weighted by molar-refractivity contribution is 0.0903. The van der Waals surface area contributed by atoms with Crippen LogP contribution in [0.4, 0.5) is 0 Å². The number of methoxy groups -OCH3 is 1. The van der Waals surface area contributed by atoms with Crippen LogP contribution in [0.1, 0.15) is 17.3 Å². The van der Waals surface area contributed by atoms with Crippen molar-refractivity contribution >= 4 is 21.8 Å². The monoisotopic (exact) mass is 287 g/mol. The van der Waals surface area contributed by atoms with Crippen LogP contribution in [-0.4, -0.2) is 30.8 Å². The Morgan fingerprint density at radius 1 is 1.62 bits per heavy atom. The Balaban J connectivity index is 2.76. The van der Waals surface area contributed by atoms with Crippen molar-refractivity contribution in [3.8, 4) is 5.75 Å². The molecule has 1 amide bonds. The first-order chi connectivity index (χ1) is 7.54. The zero-order valence-electron chi connectivity index (χ0n) is 9.16. The van der Waals surface area contributed by atoms with Crippen molar-refractivity contribution in [1.29, 1.82) is 0 Å². The van der Waals surface area contributed by atoms with Gasteiger partial charge in [0.1, 0.15) is 5.75 Å². The lowest BCUT2D eigenvalue weighted by atomic mass is 10.2. The van der Waals surface area contributed by atoms with Crippen LogP contribution in [0.3, 0.4) is 0 Å². The van der Waals surface area contributed by atoms with E-state index in [2.05, 4.69) is 21.2 Å². The van der Waals surface area contributed by atoms with Gasteiger partial charge >= 0.3 is 0 Å². The summed E-state index contributed by atoms with van der Waals surface area (Å²) in [4.78, 5) is 11.8. The van der Waals surface area contributed by atoms with E-state index in [4.69, 9.17) is 4.74 Å². The molecule has 1 rings (SSSR count). The number of benzene rings is 1. The molecule has 0 aromatic heterocycles. The summed E-state index contributed by atoms with van der Waals surface area (Å²) in [5.74, 6) is -0.353. The van der Waals surface area contributed by atoms with E-state index in [0.29, 0.717) is 6.61 Å². The van der Waals surface area contributed by atoms with Gasteiger partial charge in [-0.05, 0) is 25.1 Å². The van der Waals surface area contributed by atoms with E-state index in [-0.39, 0.29) is 23.3 Å². The number of carbonyl (C=O) groups excluding carboxylic acids is 1. The van der Waals surface area contributed by atoms with Crippen LogP contribution < -0.4 is 5.32 Å². The van der Waals surface area contributed by atoms with Gasteiger partial charge in [0.15, 0.2) is 0 Å². The minimum atomic E-state index is -0.316. The van der Waals surface area contributed by atoms with Gasteiger partial charge in [-0.3, -0.25) is 4.79 Å². The highest BCUT2D eigenvalue weighted by molar-refractivity contribution is 9.10. The van der Waals surface area contributed by atoms with E-state index in [9.17, 15) is 9.90 Å². The topological polar surface area (TPSA) is 58.6 Å². The molecule has 1 aromatic carbocycles. The number of aromatic hydroxyl groups is 1. The Labute approximate surface area is 103 Å². The van der Waals surface area contributed by atoms with Gasteiger partial charge in [0.2, 0.25) is 0 Å². The van der Waals surface area contributed by atoms with Gasteiger partial charge in [-0.15, -0.1) is 0 Å². The number of nitrogens with one attached hydrogen (secondary N) is 1. The molecular formula is C11H14BrNO3. The van der Waals surface area contributed by atoms with Crippen LogP contribution in [0, 0.1) is 0 Å². The summed E-state index contributed by atoms with van der Waals surface area (Å²) in [6.07, 6.45) is 0. The Morgan fingerprint density at radius 3 is 2.94 bits per heavy atom. The van der Waals surface area contributed by atoms with E-state index in [1.54, 1.807) is 19.2 Å². The largest absolute Gasteiger partial charge is 0.507 e. The lowest BCUT2D eigenvalue weighted by Crippen LogP contribution is -2.35. The molecule has 0 fully saturated rings. The summed E-state index contributed by atoms with van der Waals surface area (Å²) in [5.41, 5.74) is 0.248. The molecule has 0 aliphatic carbocycles. The average Bonchev–Trinajstić information content (AvgIpc) is 2.21. The van der Waals surface area contributed by atoms with E-state index in [0.717, 1.165) is 4.47 Å². The third-order valence-electron chi connectivity index (χ3n) is 2.00. The number of rotatable bonds is 4. The first-order valence-corrected chi connectivity index (χ1v) is 5.62. The first kappa shape index (κ1) is 13.0.